The van der Waals surface area contributed by atoms with Crippen molar-refractivity contribution in [1.29, 1.82) is 5.26 Å². The molecule has 3 aliphatic rings. The van der Waals surface area contributed by atoms with Gasteiger partial charge in [-0.25, -0.2) is 13.8 Å². The van der Waals surface area contributed by atoms with Gasteiger partial charge in [-0.05, 0) is 55.5 Å². The third-order valence-electron chi connectivity index (χ3n) is 7.02. The fourth-order valence-corrected chi connectivity index (χ4v) is 5.19. The van der Waals surface area contributed by atoms with Crippen molar-refractivity contribution >= 4 is 11.6 Å². The average molecular weight is 437 g/mol. The summed E-state index contributed by atoms with van der Waals surface area (Å²) in [6, 6.07) is 10.3. The first-order valence-corrected chi connectivity index (χ1v) is 11.1. The van der Waals surface area contributed by atoms with Gasteiger partial charge in [-0.2, -0.15) is 5.26 Å². The van der Waals surface area contributed by atoms with Crippen molar-refractivity contribution in [3.05, 3.63) is 59.4 Å². The molecule has 3 fully saturated rings. The van der Waals surface area contributed by atoms with Gasteiger partial charge in [0.2, 0.25) is 5.91 Å². The lowest BCUT2D eigenvalue weighted by Gasteiger charge is -2.42. The third kappa shape index (κ3) is 3.82. The third-order valence-corrected chi connectivity index (χ3v) is 7.02. The minimum Gasteiger partial charge on any atom is -0.361 e. The number of carbonyl (C=O) groups is 1. The second kappa shape index (κ2) is 8.14. The standard InChI is InChI=1S/C24H25F2N5O/c25-21-6-1-16(11-22(21)26)24(8-9-24)29-10-7-23(32)30-14-19-4-5-20(15-30)31(19)18-3-2-17(12-27)28-13-18/h1-3,6,11,13,19-20,29H,4-5,7-10,14-15H2. The first kappa shape index (κ1) is 20.8. The van der Waals surface area contributed by atoms with Crippen LogP contribution < -0.4 is 10.2 Å². The Bertz CT molecular complexity index is 1050. The molecule has 8 heteroatoms. The molecular formula is C24H25F2N5O. The number of fused-ring (bicyclic) bond motifs is 2. The van der Waals surface area contributed by atoms with Gasteiger partial charge in [0.1, 0.15) is 11.8 Å². The molecule has 1 aliphatic carbocycles. The maximum Gasteiger partial charge on any atom is 0.223 e. The molecule has 1 N–H and O–H groups in total. The van der Waals surface area contributed by atoms with Crippen LogP contribution in [0.2, 0.25) is 0 Å². The second-order valence-electron chi connectivity index (χ2n) is 8.99. The number of nitrogens with one attached hydrogen (secondary N) is 1. The van der Waals surface area contributed by atoms with E-state index in [1.54, 1.807) is 18.3 Å². The Hall–Kier alpha value is -3.05. The summed E-state index contributed by atoms with van der Waals surface area (Å²) in [6.45, 7) is 1.88. The van der Waals surface area contributed by atoms with E-state index in [0.717, 1.165) is 43.0 Å². The molecule has 3 heterocycles. The van der Waals surface area contributed by atoms with Crippen LogP contribution in [-0.4, -0.2) is 47.5 Å². The van der Waals surface area contributed by atoms with Gasteiger partial charge in [-0.3, -0.25) is 4.79 Å². The molecule has 0 spiro atoms. The van der Waals surface area contributed by atoms with E-state index >= 15 is 0 Å². The molecule has 6 nitrogen and oxygen atoms in total. The predicted molar refractivity (Wildman–Crippen MR) is 115 cm³/mol. The van der Waals surface area contributed by atoms with Crippen molar-refractivity contribution in [3.63, 3.8) is 0 Å². The SMILES string of the molecule is N#Cc1ccc(N2C3CCC2CN(C(=O)CCNC2(c4ccc(F)c(F)c4)CC2)C3)cn1. The van der Waals surface area contributed by atoms with Gasteiger partial charge in [-0.1, -0.05) is 6.07 Å². The number of benzene rings is 1. The number of rotatable bonds is 6. The highest BCUT2D eigenvalue weighted by Gasteiger charge is 2.45. The summed E-state index contributed by atoms with van der Waals surface area (Å²) in [5.41, 5.74) is 1.81. The highest BCUT2D eigenvalue weighted by molar-refractivity contribution is 5.77. The molecule has 2 atom stereocenters. The summed E-state index contributed by atoms with van der Waals surface area (Å²) in [5.74, 6) is -1.56. The summed E-state index contributed by atoms with van der Waals surface area (Å²) in [5, 5.41) is 12.4. The van der Waals surface area contributed by atoms with Crippen LogP contribution in [0, 0.1) is 23.0 Å². The van der Waals surface area contributed by atoms with Crippen molar-refractivity contribution in [2.45, 2.75) is 49.7 Å². The number of likely N-dealkylation sites (tertiary alicyclic amines) is 1. The topological polar surface area (TPSA) is 72.3 Å². The van der Waals surface area contributed by atoms with Crippen LogP contribution in [0.25, 0.3) is 0 Å². The number of hydrogen-bond donors (Lipinski definition) is 1. The molecule has 2 saturated heterocycles. The van der Waals surface area contributed by atoms with E-state index in [0.29, 0.717) is 31.7 Å². The fourth-order valence-electron chi connectivity index (χ4n) is 5.19. The molecule has 32 heavy (non-hydrogen) atoms. The van der Waals surface area contributed by atoms with E-state index < -0.39 is 11.6 Å². The van der Waals surface area contributed by atoms with Gasteiger partial charge in [-0.15, -0.1) is 0 Å². The Kier molecular flexibility index (Phi) is 5.30. The summed E-state index contributed by atoms with van der Waals surface area (Å²) < 4.78 is 26.9. The quantitative estimate of drug-likeness (QED) is 0.752. The maximum atomic E-state index is 13.6. The fraction of sp³-hybridized carbons (Fsp3) is 0.458. The van der Waals surface area contributed by atoms with Gasteiger partial charge in [0, 0.05) is 43.7 Å². The molecule has 2 aromatic rings. The van der Waals surface area contributed by atoms with Crippen molar-refractivity contribution < 1.29 is 13.6 Å². The number of amides is 1. The van der Waals surface area contributed by atoms with E-state index in [9.17, 15) is 13.6 Å². The van der Waals surface area contributed by atoms with Crippen molar-refractivity contribution in [3.8, 4) is 6.07 Å². The smallest absolute Gasteiger partial charge is 0.223 e. The number of halogens is 2. The molecule has 166 valence electrons. The van der Waals surface area contributed by atoms with Gasteiger partial charge >= 0.3 is 0 Å². The van der Waals surface area contributed by atoms with Crippen LogP contribution in [0.1, 0.15) is 43.4 Å². The number of anilines is 1. The number of hydrogen-bond acceptors (Lipinski definition) is 5. The number of aromatic nitrogens is 1. The number of pyridine rings is 1. The number of nitriles is 1. The first-order chi connectivity index (χ1) is 15.5. The van der Waals surface area contributed by atoms with Crippen LogP contribution >= 0.6 is 0 Å². The van der Waals surface area contributed by atoms with E-state index in [4.69, 9.17) is 5.26 Å². The molecule has 5 rings (SSSR count). The molecular weight excluding hydrogens is 412 g/mol. The summed E-state index contributed by atoms with van der Waals surface area (Å²) in [7, 11) is 0. The molecule has 2 bridgehead atoms. The van der Waals surface area contributed by atoms with E-state index in [1.807, 2.05) is 17.0 Å². The average Bonchev–Trinajstić information content (AvgIpc) is 3.55. The summed E-state index contributed by atoms with van der Waals surface area (Å²) in [6.07, 6.45) is 5.90. The lowest BCUT2D eigenvalue weighted by molar-refractivity contribution is -0.132. The highest BCUT2D eigenvalue weighted by Crippen LogP contribution is 2.45. The lowest BCUT2D eigenvalue weighted by atomic mass is 10.0. The van der Waals surface area contributed by atoms with Crippen LogP contribution in [-0.2, 0) is 10.3 Å². The Morgan fingerprint density at radius 2 is 1.91 bits per heavy atom. The molecule has 2 aliphatic heterocycles. The minimum atomic E-state index is -0.842. The number of piperazine rings is 1. The van der Waals surface area contributed by atoms with Crippen LogP contribution in [0.15, 0.2) is 36.5 Å². The predicted octanol–water partition coefficient (Wildman–Crippen LogP) is 3.08. The largest absolute Gasteiger partial charge is 0.361 e. The van der Waals surface area contributed by atoms with Crippen molar-refractivity contribution in [2.24, 2.45) is 0 Å². The maximum absolute atomic E-state index is 13.6. The first-order valence-electron chi connectivity index (χ1n) is 11.1. The van der Waals surface area contributed by atoms with Gasteiger partial charge in [0.05, 0.1) is 11.9 Å². The molecule has 1 aromatic heterocycles. The van der Waals surface area contributed by atoms with Gasteiger partial charge < -0.3 is 15.1 Å². The zero-order chi connectivity index (χ0) is 22.3. The Morgan fingerprint density at radius 3 is 2.50 bits per heavy atom. The van der Waals surface area contributed by atoms with Crippen molar-refractivity contribution in [2.75, 3.05) is 24.5 Å². The van der Waals surface area contributed by atoms with Gasteiger partial charge in [0.15, 0.2) is 11.6 Å². The zero-order valence-electron chi connectivity index (χ0n) is 17.7. The zero-order valence-corrected chi connectivity index (χ0v) is 17.7. The summed E-state index contributed by atoms with van der Waals surface area (Å²) >= 11 is 0. The van der Waals surface area contributed by atoms with E-state index in [1.165, 1.54) is 6.07 Å². The molecule has 0 radical (unpaired) electrons. The molecule has 1 saturated carbocycles. The molecule has 1 aromatic carbocycles. The van der Waals surface area contributed by atoms with Crippen LogP contribution in [0.5, 0.6) is 0 Å². The van der Waals surface area contributed by atoms with Gasteiger partial charge in [0.25, 0.3) is 0 Å². The second-order valence-corrected chi connectivity index (χ2v) is 8.99. The summed E-state index contributed by atoms with van der Waals surface area (Å²) in [4.78, 5) is 21.4. The van der Waals surface area contributed by atoms with Crippen LogP contribution in [0.4, 0.5) is 14.5 Å². The lowest BCUT2D eigenvalue weighted by Crippen LogP contribution is -2.55. The van der Waals surface area contributed by atoms with Crippen LogP contribution in [0.3, 0.4) is 0 Å². The highest BCUT2D eigenvalue weighted by atomic mass is 19.2. The van der Waals surface area contributed by atoms with Crippen molar-refractivity contribution in [1.82, 2.24) is 15.2 Å². The Labute approximate surface area is 185 Å². The normalized spacial score (nSPS) is 23.2. The van der Waals surface area contributed by atoms with E-state index in [-0.39, 0.29) is 23.5 Å². The number of carbonyl (C=O) groups excluding carboxylic acids is 1. The number of nitrogens with zero attached hydrogens (tertiary/aromatic N) is 4. The molecule has 2 unspecified atom stereocenters. The Balaban J connectivity index is 1.16. The monoisotopic (exact) mass is 437 g/mol. The van der Waals surface area contributed by atoms with E-state index in [2.05, 4.69) is 15.2 Å². The molecule has 1 amide bonds. The Morgan fingerprint density at radius 1 is 1.16 bits per heavy atom. The minimum absolute atomic E-state index is 0.119.